The lowest BCUT2D eigenvalue weighted by atomic mass is 10.1. The number of halogens is 1. The second-order valence-corrected chi connectivity index (χ2v) is 5.24. The van der Waals surface area contributed by atoms with Gasteiger partial charge in [0, 0.05) is 11.0 Å². The molecule has 0 fully saturated rings. The predicted molar refractivity (Wildman–Crippen MR) is 82.8 cm³/mol. The maximum Gasteiger partial charge on any atom is 0.257 e. The summed E-state index contributed by atoms with van der Waals surface area (Å²) in [5, 5.41) is 2.84. The molecule has 0 atom stereocenters. The van der Waals surface area contributed by atoms with Gasteiger partial charge in [0.15, 0.2) is 6.61 Å². The first kappa shape index (κ1) is 14.6. The van der Waals surface area contributed by atoms with E-state index in [1.165, 1.54) is 5.56 Å². The molecule has 0 aromatic heterocycles. The molecule has 0 aliphatic heterocycles. The van der Waals surface area contributed by atoms with Gasteiger partial charge in [-0.1, -0.05) is 46.3 Å². The van der Waals surface area contributed by atoms with Crippen LogP contribution in [0.1, 0.15) is 5.56 Å². The van der Waals surface area contributed by atoms with Crippen molar-refractivity contribution in [3.8, 4) is 5.75 Å². The van der Waals surface area contributed by atoms with E-state index in [0.29, 0.717) is 12.3 Å². The average Bonchev–Trinajstić information content (AvgIpc) is 2.48. The van der Waals surface area contributed by atoms with Gasteiger partial charge in [-0.3, -0.25) is 4.79 Å². The fourth-order valence-electron chi connectivity index (χ4n) is 1.71. The maximum absolute atomic E-state index is 11.6. The third-order valence-electron chi connectivity index (χ3n) is 2.76. The number of hydrogen-bond donors (Lipinski definition) is 1. The van der Waals surface area contributed by atoms with Crippen LogP contribution in [0, 0.1) is 0 Å². The van der Waals surface area contributed by atoms with Crippen molar-refractivity contribution in [2.45, 2.75) is 6.42 Å². The number of nitrogens with one attached hydrogen (secondary N) is 1. The van der Waals surface area contributed by atoms with Gasteiger partial charge in [-0.25, -0.2) is 0 Å². The van der Waals surface area contributed by atoms with E-state index in [1.54, 1.807) is 0 Å². The molecule has 20 heavy (non-hydrogen) atoms. The third kappa shape index (κ3) is 5.05. The molecule has 0 saturated heterocycles. The molecule has 0 aliphatic rings. The Bertz CT molecular complexity index is 540. The van der Waals surface area contributed by atoms with Crippen LogP contribution in [0.5, 0.6) is 5.75 Å². The zero-order valence-electron chi connectivity index (χ0n) is 11.0. The summed E-state index contributed by atoms with van der Waals surface area (Å²) in [6.07, 6.45) is 0.810. The highest BCUT2D eigenvalue weighted by Gasteiger charge is 2.02. The van der Waals surface area contributed by atoms with Gasteiger partial charge in [0.05, 0.1) is 0 Å². The van der Waals surface area contributed by atoms with E-state index in [-0.39, 0.29) is 12.5 Å². The van der Waals surface area contributed by atoms with Crippen LogP contribution in [0.4, 0.5) is 0 Å². The smallest absolute Gasteiger partial charge is 0.257 e. The molecule has 0 heterocycles. The summed E-state index contributed by atoms with van der Waals surface area (Å²) in [7, 11) is 0. The van der Waals surface area contributed by atoms with Crippen LogP contribution in [-0.4, -0.2) is 19.1 Å². The summed E-state index contributed by atoms with van der Waals surface area (Å²) in [5.74, 6) is 0.599. The normalized spacial score (nSPS) is 10.1. The molecule has 0 radical (unpaired) electrons. The Hall–Kier alpha value is -1.81. The number of para-hydroxylation sites is 1. The molecule has 0 spiro atoms. The van der Waals surface area contributed by atoms with Crippen LogP contribution in [0.2, 0.25) is 0 Å². The van der Waals surface area contributed by atoms with E-state index in [9.17, 15) is 4.79 Å². The number of carbonyl (C=O) groups is 1. The number of hydrogen-bond acceptors (Lipinski definition) is 2. The predicted octanol–water partition coefficient (Wildman–Crippen LogP) is 3.19. The molecule has 4 heteroatoms. The van der Waals surface area contributed by atoms with Gasteiger partial charge in [0.1, 0.15) is 5.75 Å². The van der Waals surface area contributed by atoms with Crippen LogP contribution >= 0.6 is 15.9 Å². The number of ether oxygens (including phenoxy) is 1. The summed E-state index contributed by atoms with van der Waals surface area (Å²) in [4.78, 5) is 11.6. The summed E-state index contributed by atoms with van der Waals surface area (Å²) in [6, 6.07) is 17.4. The Morgan fingerprint density at radius 2 is 1.75 bits per heavy atom. The molecular formula is C16H16BrNO2. The van der Waals surface area contributed by atoms with Gasteiger partial charge in [0.2, 0.25) is 0 Å². The highest BCUT2D eigenvalue weighted by atomic mass is 79.9. The van der Waals surface area contributed by atoms with Crippen LogP contribution in [0.25, 0.3) is 0 Å². The summed E-state index contributed by atoms with van der Waals surface area (Å²) in [5.41, 5.74) is 1.19. The Morgan fingerprint density at radius 1 is 1.05 bits per heavy atom. The van der Waals surface area contributed by atoms with E-state index < -0.39 is 0 Å². The van der Waals surface area contributed by atoms with Crippen molar-refractivity contribution in [2.75, 3.05) is 13.2 Å². The van der Waals surface area contributed by atoms with Crippen molar-refractivity contribution >= 4 is 21.8 Å². The molecule has 1 N–H and O–H groups in total. The first-order valence-corrected chi connectivity index (χ1v) is 7.22. The zero-order valence-corrected chi connectivity index (χ0v) is 12.6. The van der Waals surface area contributed by atoms with E-state index in [0.717, 1.165) is 10.9 Å². The lowest BCUT2D eigenvalue weighted by molar-refractivity contribution is -0.123. The van der Waals surface area contributed by atoms with Crippen molar-refractivity contribution in [1.29, 1.82) is 0 Å². The van der Waals surface area contributed by atoms with Gasteiger partial charge in [-0.15, -0.1) is 0 Å². The van der Waals surface area contributed by atoms with Crippen LogP contribution in [0.15, 0.2) is 59.1 Å². The number of carbonyl (C=O) groups excluding carboxylic acids is 1. The van der Waals surface area contributed by atoms with Gasteiger partial charge in [-0.2, -0.15) is 0 Å². The van der Waals surface area contributed by atoms with Gasteiger partial charge < -0.3 is 10.1 Å². The van der Waals surface area contributed by atoms with E-state index >= 15 is 0 Å². The van der Waals surface area contributed by atoms with Gasteiger partial charge in [-0.05, 0) is 36.2 Å². The molecule has 2 aromatic carbocycles. The monoisotopic (exact) mass is 333 g/mol. The van der Waals surface area contributed by atoms with E-state index in [2.05, 4.69) is 21.2 Å². The molecule has 0 aliphatic carbocycles. The van der Waals surface area contributed by atoms with E-state index in [4.69, 9.17) is 4.74 Å². The van der Waals surface area contributed by atoms with Crippen LogP contribution in [0.3, 0.4) is 0 Å². The first-order chi connectivity index (χ1) is 9.74. The Balaban J connectivity index is 1.66. The molecule has 2 rings (SSSR count). The molecule has 2 aromatic rings. The Kier molecular flexibility index (Phi) is 5.62. The first-order valence-electron chi connectivity index (χ1n) is 6.43. The molecule has 3 nitrogen and oxygen atoms in total. The SMILES string of the molecule is O=C(COc1ccccc1)NCCc1ccc(Br)cc1. The second-order valence-electron chi connectivity index (χ2n) is 4.33. The minimum Gasteiger partial charge on any atom is -0.484 e. The van der Waals surface area contributed by atoms with Gasteiger partial charge >= 0.3 is 0 Å². The molecule has 0 unspecified atom stereocenters. The molecular weight excluding hydrogens is 318 g/mol. The second kappa shape index (κ2) is 7.70. The lowest BCUT2D eigenvalue weighted by Gasteiger charge is -2.07. The molecule has 0 saturated carbocycles. The fourth-order valence-corrected chi connectivity index (χ4v) is 1.98. The van der Waals surface area contributed by atoms with Crippen molar-refractivity contribution in [3.05, 3.63) is 64.6 Å². The van der Waals surface area contributed by atoms with Crippen molar-refractivity contribution in [3.63, 3.8) is 0 Å². The minimum absolute atomic E-state index is 0.0460. The van der Waals surface area contributed by atoms with Crippen LogP contribution in [-0.2, 0) is 11.2 Å². The van der Waals surface area contributed by atoms with Crippen molar-refractivity contribution in [2.24, 2.45) is 0 Å². The Labute approximate surface area is 127 Å². The highest BCUT2D eigenvalue weighted by molar-refractivity contribution is 9.10. The third-order valence-corrected chi connectivity index (χ3v) is 3.29. The van der Waals surface area contributed by atoms with Crippen molar-refractivity contribution < 1.29 is 9.53 Å². The maximum atomic E-state index is 11.6. The average molecular weight is 334 g/mol. The fraction of sp³-hybridized carbons (Fsp3) is 0.188. The molecule has 104 valence electrons. The summed E-state index contributed by atoms with van der Waals surface area (Å²) < 4.78 is 6.43. The largest absolute Gasteiger partial charge is 0.484 e. The number of benzene rings is 2. The molecule has 1 amide bonds. The Morgan fingerprint density at radius 3 is 2.45 bits per heavy atom. The standard InChI is InChI=1S/C16H16BrNO2/c17-14-8-6-13(7-9-14)10-11-18-16(19)12-20-15-4-2-1-3-5-15/h1-9H,10-12H2,(H,18,19). The number of amides is 1. The highest BCUT2D eigenvalue weighted by Crippen LogP contribution is 2.10. The topological polar surface area (TPSA) is 38.3 Å². The quantitative estimate of drug-likeness (QED) is 0.881. The molecule has 0 bridgehead atoms. The van der Waals surface area contributed by atoms with Gasteiger partial charge in [0.25, 0.3) is 5.91 Å². The van der Waals surface area contributed by atoms with Crippen LogP contribution < -0.4 is 10.1 Å². The lowest BCUT2D eigenvalue weighted by Crippen LogP contribution is -2.30. The minimum atomic E-state index is -0.106. The zero-order chi connectivity index (χ0) is 14.2. The number of rotatable bonds is 6. The van der Waals surface area contributed by atoms with Crippen molar-refractivity contribution in [1.82, 2.24) is 5.32 Å². The summed E-state index contributed by atoms with van der Waals surface area (Å²) in [6.45, 7) is 0.656. The van der Waals surface area contributed by atoms with E-state index in [1.807, 2.05) is 54.6 Å². The summed E-state index contributed by atoms with van der Waals surface area (Å²) >= 11 is 3.39.